The Morgan fingerprint density at radius 1 is 1.35 bits per heavy atom. The molecule has 0 saturated heterocycles. The number of aliphatic hydroxyl groups excluding tert-OH is 1. The van der Waals surface area contributed by atoms with Crippen molar-refractivity contribution in [2.45, 2.75) is 13.0 Å². The maximum absolute atomic E-state index is 9.70. The van der Waals surface area contributed by atoms with E-state index < -0.39 is 6.10 Å². The van der Waals surface area contributed by atoms with E-state index in [1.54, 1.807) is 24.0 Å². The zero-order chi connectivity index (χ0) is 12.8. The lowest BCUT2D eigenvalue weighted by Crippen LogP contribution is -2.25. The molecule has 0 saturated carbocycles. The average Bonchev–Trinajstić information content (AvgIpc) is 2.28. The second-order valence-electron chi connectivity index (χ2n) is 3.55. The predicted molar refractivity (Wildman–Crippen MR) is 68.2 cm³/mol. The molecule has 0 fully saturated rings. The van der Waals surface area contributed by atoms with Crippen molar-refractivity contribution >= 4 is 21.6 Å². The maximum atomic E-state index is 9.70. The average molecular weight is 294 g/mol. The molecule has 0 radical (unpaired) electrons. The highest BCUT2D eigenvalue weighted by Crippen LogP contribution is 2.29. The molecular formula is C12H12BrN3O. The number of hydrogen-bond acceptors (Lipinski definition) is 4. The van der Waals surface area contributed by atoms with Crippen LogP contribution in [0.25, 0.3) is 0 Å². The fraction of sp³-hybridized carbons (Fsp3) is 0.333. The summed E-state index contributed by atoms with van der Waals surface area (Å²) in [6.07, 6.45) is -0.651. The summed E-state index contributed by atoms with van der Waals surface area (Å²) in [6.45, 7) is 1.89. The number of aliphatic hydroxyl groups is 1. The number of benzene rings is 1. The summed E-state index contributed by atoms with van der Waals surface area (Å²) in [6, 6.07) is 9.43. The summed E-state index contributed by atoms with van der Waals surface area (Å²) in [7, 11) is 0. The van der Waals surface area contributed by atoms with Gasteiger partial charge >= 0.3 is 0 Å². The van der Waals surface area contributed by atoms with Gasteiger partial charge in [0.1, 0.15) is 13.1 Å². The van der Waals surface area contributed by atoms with Gasteiger partial charge in [-0.25, -0.2) is 0 Å². The van der Waals surface area contributed by atoms with Crippen molar-refractivity contribution in [2.75, 3.05) is 18.0 Å². The third-order valence-electron chi connectivity index (χ3n) is 2.30. The second-order valence-corrected chi connectivity index (χ2v) is 4.47. The first kappa shape index (κ1) is 13.5. The molecule has 0 amide bonds. The van der Waals surface area contributed by atoms with Crippen LogP contribution in [0.15, 0.2) is 22.7 Å². The van der Waals surface area contributed by atoms with Crippen LogP contribution in [0.3, 0.4) is 0 Å². The molecule has 0 heterocycles. The highest BCUT2D eigenvalue weighted by atomic mass is 79.9. The highest BCUT2D eigenvalue weighted by Gasteiger charge is 2.14. The van der Waals surface area contributed by atoms with Gasteiger partial charge in [0.15, 0.2) is 0 Å². The van der Waals surface area contributed by atoms with Crippen LogP contribution in [0.1, 0.15) is 18.6 Å². The first-order chi connectivity index (χ1) is 8.10. The normalized spacial score (nSPS) is 11.4. The first-order valence-electron chi connectivity index (χ1n) is 5.06. The molecule has 88 valence electrons. The molecule has 0 bridgehead atoms. The predicted octanol–water partition coefficient (Wildman–Crippen LogP) is 2.36. The maximum Gasteiger partial charge on any atom is 0.106 e. The number of nitrogens with zero attached hydrogens (tertiary/aromatic N) is 3. The van der Waals surface area contributed by atoms with Crippen LogP contribution >= 0.6 is 15.9 Å². The van der Waals surface area contributed by atoms with E-state index in [1.165, 1.54) is 0 Å². The lowest BCUT2D eigenvalue weighted by Gasteiger charge is -2.23. The van der Waals surface area contributed by atoms with Crippen LogP contribution < -0.4 is 4.90 Å². The molecule has 1 atom stereocenters. The van der Waals surface area contributed by atoms with Gasteiger partial charge in [0, 0.05) is 15.7 Å². The Labute approximate surface area is 109 Å². The SMILES string of the molecule is CC(O)c1cc(Br)ccc1N(CC#N)CC#N. The van der Waals surface area contributed by atoms with Crippen LogP contribution in [-0.4, -0.2) is 18.2 Å². The summed E-state index contributed by atoms with van der Waals surface area (Å²) in [5, 5.41) is 27.2. The minimum Gasteiger partial charge on any atom is -0.389 e. The molecular weight excluding hydrogens is 282 g/mol. The molecule has 0 aliphatic heterocycles. The van der Waals surface area contributed by atoms with Crippen molar-refractivity contribution < 1.29 is 5.11 Å². The Morgan fingerprint density at radius 2 is 1.94 bits per heavy atom. The Balaban J connectivity index is 3.19. The van der Waals surface area contributed by atoms with Crippen molar-refractivity contribution in [1.82, 2.24) is 0 Å². The molecule has 0 aliphatic carbocycles. The van der Waals surface area contributed by atoms with Gasteiger partial charge in [-0.3, -0.25) is 0 Å². The van der Waals surface area contributed by atoms with E-state index in [-0.39, 0.29) is 13.1 Å². The molecule has 1 unspecified atom stereocenters. The summed E-state index contributed by atoms with van der Waals surface area (Å²) in [5.41, 5.74) is 1.41. The van der Waals surface area contributed by atoms with E-state index in [9.17, 15) is 5.11 Å². The number of rotatable bonds is 4. The van der Waals surface area contributed by atoms with Gasteiger partial charge < -0.3 is 10.0 Å². The topological polar surface area (TPSA) is 71.0 Å². The van der Waals surface area contributed by atoms with Gasteiger partial charge in [-0.15, -0.1) is 0 Å². The zero-order valence-electron chi connectivity index (χ0n) is 9.39. The number of nitriles is 2. The van der Waals surface area contributed by atoms with E-state index in [1.807, 2.05) is 18.2 Å². The van der Waals surface area contributed by atoms with Crippen LogP contribution in [0.5, 0.6) is 0 Å². The molecule has 1 rings (SSSR count). The lowest BCUT2D eigenvalue weighted by molar-refractivity contribution is 0.199. The van der Waals surface area contributed by atoms with Gasteiger partial charge in [0.2, 0.25) is 0 Å². The van der Waals surface area contributed by atoms with Gasteiger partial charge in [-0.05, 0) is 25.1 Å². The van der Waals surface area contributed by atoms with Gasteiger partial charge in [-0.1, -0.05) is 15.9 Å². The summed E-state index contributed by atoms with van der Waals surface area (Å²) < 4.78 is 0.853. The monoisotopic (exact) mass is 293 g/mol. The van der Waals surface area contributed by atoms with E-state index in [0.29, 0.717) is 11.3 Å². The smallest absolute Gasteiger partial charge is 0.106 e. The minimum atomic E-state index is -0.651. The minimum absolute atomic E-state index is 0.120. The number of hydrogen-bond donors (Lipinski definition) is 1. The van der Waals surface area contributed by atoms with Crippen molar-refractivity contribution in [1.29, 1.82) is 10.5 Å². The van der Waals surface area contributed by atoms with Gasteiger partial charge in [0.05, 0.1) is 18.2 Å². The summed E-state index contributed by atoms with van der Waals surface area (Å²) in [5.74, 6) is 0. The summed E-state index contributed by atoms with van der Waals surface area (Å²) >= 11 is 3.33. The van der Waals surface area contributed by atoms with Crippen molar-refractivity contribution in [3.63, 3.8) is 0 Å². The molecule has 1 aromatic rings. The van der Waals surface area contributed by atoms with Gasteiger partial charge in [-0.2, -0.15) is 10.5 Å². The Kier molecular flexibility index (Phi) is 4.96. The largest absolute Gasteiger partial charge is 0.389 e. The third-order valence-corrected chi connectivity index (χ3v) is 2.80. The molecule has 17 heavy (non-hydrogen) atoms. The summed E-state index contributed by atoms with van der Waals surface area (Å²) in [4.78, 5) is 1.63. The van der Waals surface area contributed by atoms with Gasteiger partial charge in [0.25, 0.3) is 0 Å². The van der Waals surface area contributed by atoms with Crippen LogP contribution in [0.4, 0.5) is 5.69 Å². The second kappa shape index (κ2) is 6.24. The van der Waals surface area contributed by atoms with Crippen LogP contribution in [0, 0.1) is 22.7 Å². The van der Waals surface area contributed by atoms with E-state index in [0.717, 1.165) is 4.47 Å². The fourth-order valence-corrected chi connectivity index (χ4v) is 1.92. The molecule has 0 aliphatic rings. The van der Waals surface area contributed by atoms with Crippen molar-refractivity contribution in [3.05, 3.63) is 28.2 Å². The van der Waals surface area contributed by atoms with Crippen molar-refractivity contribution in [2.24, 2.45) is 0 Å². The molecule has 5 heteroatoms. The molecule has 0 aromatic heterocycles. The fourth-order valence-electron chi connectivity index (χ4n) is 1.54. The van der Waals surface area contributed by atoms with Crippen LogP contribution in [0.2, 0.25) is 0 Å². The Hall–Kier alpha value is -1.56. The molecule has 1 aromatic carbocycles. The lowest BCUT2D eigenvalue weighted by atomic mass is 10.1. The Morgan fingerprint density at radius 3 is 2.41 bits per heavy atom. The molecule has 1 N–H and O–H groups in total. The van der Waals surface area contributed by atoms with E-state index >= 15 is 0 Å². The third kappa shape index (κ3) is 3.45. The first-order valence-corrected chi connectivity index (χ1v) is 5.85. The quantitative estimate of drug-likeness (QED) is 0.865. The highest BCUT2D eigenvalue weighted by molar-refractivity contribution is 9.10. The Bertz CT molecular complexity index is 458. The van der Waals surface area contributed by atoms with Crippen molar-refractivity contribution in [3.8, 4) is 12.1 Å². The molecule has 0 spiro atoms. The number of anilines is 1. The molecule has 4 nitrogen and oxygen atoms in total. The number of halogens is 1. The van der Waals surface area contributed by atoms with Crippen LogP contribution in [-0.2, 0) is 0 Å². The zero-order valence-corrected chi connectivity index (χ0v) is 11.0. The standard InChI is InChI=1S/C12H12BrN3O/c1-9(17)11-8-10(13)2-3-12(11)16(6-4-14)7-5-15/h2-3,8-9,17H,6-7H2,1H3. The van der Waals surface area contributed by atoms with E-state index in [2.05, 4.69) is 15.9 Å². The van der Waals surface area contributed by atoms with E-state index in [4.69, 9.17) is 10.5 Å².